The Morgan fingerprint density at radius 1 is 1.26 bits per heavy atom. The number of ether oxygens (including phenoxy) is 3. The van der Waals surface area contributed by atoms with Crippen LogP contribution in [0.4, 0.5) is 0 Å². The minimum absolute atomic E-state index is 0.294. The van der Waals surface area contributed by atoms with Crippen molar-refractivity contribution in [2.45, 2.75) is 6.61 Å². The van der Waals surface area contributed by atoms with Crippen LogP contribution in [0.3, 0.4) is 0 Å². The van der Waals surface area contributed by atoms with Crippen LogP contribution in [0.1, 0.15) is 20.1 Å². The van der Waals surface area contributed by atoms with Crippen molar-refractivity contribution >= 4 is 23.5 Å². The van der Waals surface area contributed by atoms with Gasteiger partial charge in [-0.05, 0) is 30.3 Å². The van der Waals surface area contributed by atoms with Gasteiger partial charge in [0, 0.05) is 10.4 Å². The van der Waals surface area contributed by atoms with E-state index in [1.165, 1.54) is 18.4 Å². The van der Waals surface area contributed by atoms with E-state index in [2.05, 4.69) is 9.89 Å². The lowest BCUT2D eigenvalue weighted by atomic mass is 10.2. The quantitative estimate of drug-likeness (QED) is 0.478. The number of hydrogen-bond donors (Lipinski definition) is 0. The number of hydrogen-bond acceptors (Lipinski definition) is 7. The van der Waals surface area contributed by atoms with Gasteiger partial charge in [-0.25, -0.2) is 4.79 Å². The van der Waals surface area contributed by atoms with Crippen LogP contribution in [0.5, 0.6) is 11.5 Å². The maximum Gasteiger partial charge on any atom is 0.348 e. The van der Waals surface area contributed by atoms with Gasteiger partial charge in [-0.2, -0.15) is 0 Å². The molecule has 0 unspecified atom stereocenters. The third-order valence-corrected chi connectivity index (χ3v) is 4.14. The molecule has 0 atom stereocenters. The van der Waals surface area contributed by atoms with Gasteiger partial charge in [0.1, 0.15) is 18.1 Å². The highest BCUT2D eigenvalue weighted by atomic mass is 32.1. The number of oxime groups is 1. The van der Waals surface area contributed by atoms with Crippen LogP contribution in [0.25, 0.3) is 0 Å². The zero-order valence-corrected chi connectivity index (χ0v) is 13.3. The van der Waals surface area contributed by atoms with Gasteiger partial charge >= 0.3 is 5.97 Å². The van der Waals surface area contributed by atoms with E-state index in [1.54, 1.807) is 12.3 Å². The fourth-order valence-corrected chi connectivity index (χ4v) is 2.84. The first-order valence-corrected chi connectivity index (χ1v) is 7.80. The molecule has 0 spiro atoms. The maximum absolute atomic E-state index is 11.4. The Labute approximate surface area is 137 Å². The number of nitrogens with zero attached hydrogens (tertiary/aromatic N) is 1. The Morgan fingerprint density at radius 3 is 2.91 bits per heavy atom. The van der Waals surface area contributed by atoms with Crippen LogP contribution in [0.15, 0.2) is 35.5 Å². The highest BCUT2D eigenvalue weighted by molar-refractivity contribution is 7.13. The standard InChI is InChI=1S/C16H15NO5S/c1-19-16(18)15-5-3-12(23-15)10-22-17-9-11-2-4-13-14(8-11)21-7-6-20-13/h2-5,8-9H,6-7,10H2,1H3. The monoisotopic (exact) mass is 333 g/mol. The van der Waals surface area contributed by atoms with E-state index in [0.717, 1.165) is 16.2 Å². The zero-order valence-electron chi connectivity index (χ0n) is 12.5. The summed E-state index contributed by atoms with van der Waals surface area (Å²) in [6.07, 6.45) is 1.60. The van der Waals surface area contributed by atoms with E-state index in [4.69, 9.17) is 14.3 Å². The zero-order chi connectivity index (χ0) is 16.1. The molecule has 0 amide bonds. The molecule has 120 valence electrons. The Bertz CT molecular complexity index is 725. The second kappa shape index (κ2) is 7.15. The van der Waals surface area contributed by atoms with Gasteiger partial charge in [0.15, 0.2) is 18.1 Å². The maximum atomic E-state index is 11.4. The van der Waals surface area contributed by atoms with Crippen LogP contribution in [-0.2, 0) is 16.2 Å². The van der Waals surface area contributed by atoms with E-state index < -0.39 is 0 Å². The van der Waals surface area contributed by atoms with Gasteiger partial charge in [0.2, 0.25) is 0 Å². The number of thiophene rings is 1. The van der Waals surface area contributed by atoms with Crippen molar-refractivity contribution in [1.29, 1.82) is 0 Å². The van der Waals surface area contributed by atoms with Crippen LogP contribution in [0, 0.1) is 0 Å². The predicted molar refractivity (Wildman–Crippen MR) is 85.5 cm³/mol. The molecule has 1 aromatic carbocycles. The molecule has 0 saturated carbocycles. The Morgan fingerprint density at radius 2 is 2.09 bits per heavy atom. The van der Waals surface area contributed by atoms with E-state index in [1.807, 2.05) is 24.3 Å². The molecule has 0 aliphatic carbocycles. The van der Waals surface area contributed by atoms with Crippen LogP contribution in [-0.4, -0.2) is 32.5 Å². The fraction of sp³-hybridized carbons (Fsp3) is 0.250. The van der Waals surface area contributed by atoms with Crippen molar-refractivity contribution in [2.24, 2.45) is 5.16 Å². The lowest BCUT2D eigenvalue weighted by molar-refractivity contribution is 0.0606. The van der Waals surface area contributed by atoms with E-state index in [-0.39, 0.29) is 5.97 Å². The van der Waals surface area contributed by atoms with Crippen molar-refractivity contribution in [2.75, 3.05) is 20.3 Å². The van der Waals surface area contributed by atoms with Gasteiger partial charge in [-0.1, -0.05) is 5.16 Å². The molecule has 23 heavy (non-hydrogen) atoms. The summed E-state index contributed by atoms with van der Waals surface area (Å²) in [6, 6.07) is 9.09. The molecule has 3 rings (SSSR count). The summed E-state index contributed by atoms with van der Waals surface area (Å²) >= 11 is 1.32. The van der Waals surface area contributed by atoms with Gasteiger partial charge < -0.3 is 19.0 Å². The summed E-state index contributed by atoms with van der Waals surface area (Å²) in [7, 11) is 1.36. The van der Waals surface area contributed by atoms with Crippen molar-refractivity contribution in [3.63, 3.8) is 0 Å². The summed E-state index contributed by atoms with van der Waals surface area (Å²) < 4.78 is 15.6. The summed E-state index contributed by atoms with van der Waals surface area (Å²) in [4.78, 5) is 18.0. The van der Waals surface area contributed by atoms with Gasteiger partial charge in [-0.3, -0.25) is 0 Å². The first kappa shape index (κ1) is 15.4. The van der Waals surface area contributed by atoms with E-state index in [9.17, 15) is 4.79 Å². The third kappa shape index (κ3) is 3.81. The molecule has 1 aliphatic rings. The summed E-state index contributed by atoms with van der Waals surface area (Å²) in [6.45, 7) is 1.41. The minimum atomic E-state index is -0.346. The van der Waals surface area contributed by atoms with Gasteiger partial charge in [-0.15, -0.1) is 11.3 Å². The molecule has 1 aliphatic heterocycles. The van der Waals surface area contributed by atoms with Gasteiger partial charge in [0.05, 0.1) is 13.3 Å². The average molecular weight is 333 g/mol. The molecule has 0 bridgehead atoms. The van der Waals surface area contributed by atoms with Crippen LogP contribution >= 0.6 is 11.3 Å². The van der Waals surface area contributed by atoms with E-state index in [0.29, 0.717) is 30.4 Å². The van der Waals surface area contributed by atoms with Gasteiger partial charge in [0.25, 0.3) is 0 Å². The molecule has 0 radical (unpaired) electrons. The normalized spacial score (nSPS) is 13.1. The number of rotatable bonds is 5. The average Bonchev–Trinajstić information content (AvgIpc) is 3.07. The largest absolute Gasteiger partial charge is 0.486 e. The Balaban J connectivity index is 1.55. The highest BCUT2D eigenvalue weighted by Gasteiger charge is 2.11. The molecule has 0 N–H and O–H groups in total. The fourth-order valence-electron chi connectivity index (χ4n) is 2.01. The van der Waals surface area contributed by atoms with Crippen LogP contribution in [0.2, 0.25) is 0 Å². The summed E-state index contributed by atoms with van der Waals surface area (Å²) in [5, 5.41) is 3.93. The Kier molecular flexibility index (Phi) is 4.77. The van der Waals surface area contributed by atoms with Crippen molar-refractivity contribution in [3.8, 4) is 11.5 Å². The van der Waals surface area contributed by atoms with Crippen LogP contribution < -0.4 is 9.47 Å². The smallest absolute Gasteiger partial charge is 0.348 e. The van der Waals surface area contributed by atoms with Crippen molar-refractivity contribution in [1.82, 2.24) is 0 Å². The Hall–Kier alpha value is -2.54. The number of esters is 1. The highest BCUT2D eigenvalue weighted by Crippen LogP contribution is 2.30. The number of fused-ring (bicyclic) bond motifs is 1. The molecular weight excluding hydrogens is 318 g/mol. The van der Waals surface area contributed by atoms with Crippen molar-refractivity contribution in [3.05, 3.63) is 45.6 Å². The third-order valence-electron chi connectivity index (χ3n) is 3.10. The molecule has 2 heterocycles. The molecule has 6 nitrogen and oxygen atoms in total. The summed E-state index contributed by atoms with van der Waals surface area (Å²) in [5.74, 6) is 1.10. The molecule has 2 aromatic rings. The SMILES string of the molecule is COC(=O)c1ccc(CON=Cc2ccc3c(c2)OCCO3)s1. The first-order chi connectivity index (χ1) is 11.3. The lowest BCUT2D eigenvalue weighted by Gasteiger charge is -2.18. The lowest BCUT2D eigenvalue weighted by Crippen LogP contribution is -2.15. The van der Waals surface area contributed by atoms with E-state index >= 15 is 0 Å². The number of benzene rings is 1. The topological polar surface area (TPSA) is 66.4 Å². The molecule has 0 fully saturated rings. The predicted octanol–water partition coefficient (Wildman–Crippen LogP) is 2.86. The summed E-state index contributed by atoms with van der Waals surface area (Å²) in [5.41, 5.74) is 0.857. The second-order valence-electron chi connectivity index (χ2n) is 4.67. The second-order valence-corrected chi connectivity index (χ2v) is 5.84. The number of carbonyl (C=O) groups is 1. The molecule has 0 saturated heterocycles. The van der Waals surface area contributed by atoms with Crippen molar-refractivity contribution < 1.29 is 23.8 Å². The molecule has 1 aromatic heterocycles. The molecular formula is C16H15NO5S. The number of carbonyl (C=O) groups excluding carboxylic acids is 1. The molecule has 7 heteroatoms. The minimum Gasteiger partial charge on any atom is -0.486 e. The first-order valence-electron chi connectivity index (χ1n) is 6.98. The number of methoxy groups -OCH3 is 1.